The van der Waals surface area contributed by atoms with E-state index in [0.29, 0.717) is 18.8 Å². The molecule has 112 valence electrons. The lowest BCUT2D eigenvalue weighted by Gasteiger charge is -2.18. The van der Waals surface area contributed by atoms with Gasteiger partial charge in [-0.15, -0.1) is 0 Å². The molecule has 0 aliphatic heterocycles. The maximum absolute atomic E-state index is 12.7. The number of alkyl halides is 3. The van der Waals surface area contributed by atoms with E-state index in [1.165, 1.54) is 25.0 Å². The normalized spacial score (nSPS) is 17.2. The summed E-state index contributed by atoms with van der Waals surface area (Å²) in [7, 11) is 1.73. The minimum atomic E-state index is -4.30. The lowest BCUT2D eigenvalue weighted by molar-refractivity contribution is -0.137. The number of hydrogen-bond donors (Lipinski definition) is 1. The van der Waals surface area contributed by atoms with Crippen molar-refractivity contribution in [3.05, 3.63) is 35.4 Å². The molecule has 0 spiro atoms. The maximum Gasteiger partial charge on any atom is 0.416 e. The van der Waals surface area contributed by atoms with Crippen LogP contribution in [0.4, 0.5) is 13.2 Å². The van der Waals surface area contributed by atoms with Crippen LogP contribution in [0.25, 0.3) is 0 Å². The molecule has 2 rings (SSSR count). The first-order chi connectivity index (χ1) is 9.50. The number of halogens is 3. The molecule has 1 N–H and O–H groups in total. The minimum Gasteiger partial charge on any atom is -0.379 e. The zero-order valence-electron chi connectivity index (χ0n) is 11.5. The fourth-order valence-electron chi connectivity index (χ4n) is 2.14. The van der Waals surface area contributed by atoms with Crippen LogP contribution in [-0.4, -0.2) is 20.3 Å². The number of benzene rings is 1. The summed E-state index contributed by atoms with van der Waals surface area (Å²) in [4.78, 5) is 0. The van der Waals surface area contributed by atoms with Gasteiger partial charge in [0, 0.05) is 6.61 Å². The summed E-state index contributed by atoms with van der Waals surface area (Å²) in [6.45, 7) is 1.08. The van der Waals surface area contributed by atoms with Gasteiger partial charge in [0.1, 0.15) is 0 Å². The van der Waals surface area contributed by atoms with E-state index in [-0.39, 0.29) is 6.04 Å². The molecule has 0 aromatic heterocycles. The van der Waals surface area contributed by atoms with Crippen molar-refractivity contribution in [2.75, 3.05) is 20.3 Å². The van der Waals surface area contributed by atoms with Gasteiger partial charge in [0.15, 0.2) is 0 Å². The Morgan fingerprint density at radius 3 is 2.70 bits per heavy atom. The van der Waals surface area contributed by atoms with Crippen LogP contribution in [0.3, 0.4) is 0 Å². The first-order valence-electron chi connectivity index (χ1n) is 6.93. The Kier molecular flexibility index (Phi) is 5.05. The van der Waals surface area contributed by atoms with E-state index >= 15 is 0 Å². The van der Waals surface area contributed by atoms with E-state index < -0.39 is 11.7 Å². The number of nitrogens with one attached hydrogen (secondary N) is 1. The minimum absolute atomic E-state index is 0.212. The number of likely N-dealkylation sites (N-methyl/N-ethyl adjacent to an activating group) is 1. The van der Waals surface area contributed by atoms with Gasteiger partial charge < -0.3 is 10.1 Å². The predicted octanol–water partition coefficient (Wildman–Crippen LogP) is 3.78. The molecule has 0 radical (unpaired) electrons. The monoisotopic (exact) mass is 287 g/mol. The van der Waals surface area contributed by atoms with Crippen molar-refractivity contribution < 1.29 is 17.9 Å². The summed E-state index contributed by atoms with van der Waals surface area (Å²) in [5.41, 5.74) is -0.0121. The zero-order valence-corrected chi connectivity index (χ0v) is 11.5. The van der Waals surface area contributed by atoms with Gasteiger partial charge in [-0.05, 0) is 37.1 Å². The highest BCUT2D eigenvalue weighted by molar-refractivity contribution is 5.28. The summed E-state index contributed by atoms with van der Waals surface area (Å²) in [6.07, 6.45) is -0.682. The molecule has 1 fully saturated rings. The quantitative estimate of drug-likeness (QED) is 0.771. The highest BCUT2D eigenvalue weighted by Crippen LogP contribution is 2.32. The Morgan fingerprint density at radius 2 is 2.10 bits per heavy atom. The highest BCUT2D eigenvalue weighted by atomic mass is 19.4. The molecule has 0 heterocycles. The van der Waals surface area contributed by atoms with Crippen LogP contribution in [0.5, 0.6) is 0 Å². The fraction of sp³-hybridized carbons (Fsp3) is 0.600. The molecule has 1 aromatic carbocycles. The average Bonchev–Trinajstić information content (AvgIpc) is 3.22. The third kappa shape index (κ3) is 4.49. The molecular formula is C15H20F3NO. The Bertz CT molecular complexity index is 429. The molecule has 20 heavy (non-hydrogen) atoms. The molecule has 0 amide bonds. The molecule has 1 saturated carbocycles. The summed E-state index contributed by atoms with van der Waals surface area (Å²) in [5, 5.41) is 3.01. The lowest BCUT2D eigenvalue weighted by atomic mass is 10.0. The third-order valence-electron chi connectivity index (χ3n) is 3.62. The van der Waals surface area contributed by atoms with E-state index in [1.807, 2.05) is 0 Å². The van der Waals surface area contributed by atoms with Gasteiger partial charge >= 0.3 is 6.18 Å². The van der Waals surface area contributed by atoms with Crippen LogP contribution in [0.1, 0.15) is 36.4 Å². The SMILES string of the molecule is CNC(COCCC1CC1)c1cccc(C(F)(F)F)c1. The van der Waals surface area contributed by atoms with E-state index in [4.69, 9.17) is 4.74 Å². The smallest absolute Gasteiger partial charge is 0.379 e. The molecule has 0 bridgehead atoms. The molecule has 1 aromatic rings. The van der Waals surface area contributed by atoms with Crippen molar-refractivity contribution in [3.8, 4) is 0 Å². The van der Waals surface area contributed by atoms with Crippen LogP contribution in [0.15, 0.2) is 24.3 Å². The van der Waals surface area contributed by atoms with Gasteiger partial charge in [0.2, 0.25) is 0 Å². The summed E-state index contributed by atoms with van der Waals surface area (Å²) in [5.74, 6) is 0.802. The maximum atomic E-state index is 12.7. The van der Waals surface area contributed by atoms with Crippen molar-refractivity contribution >= 4 is 0 Å². The number of hydrogen-bond acceptors (Lipinski definition) is 2. The lowest BCUT2D eigenvalue weighted by Crippen LogP contribution is -2.22. The van der Waals surface area contributed by atoms with Gasteiger partial charge in [-0.2, -0.15) is 13.2 Å². The number of rotatable bonds is 7. The van der Waals surface area contributed by atoms with Crippen molar-refractivity contribution in [1.29, 1.82) is 0 Å². The average molecular weight is 287 g/mol. The van der Waals surface area contributed by atoms with Gasteiger partial charge in [0.05, 0.1) is 18.2 Å². The van der Waals surface area contributed by atoms with Gasteiger partial charge in [-0.3, -0.25) is 0 Å². The van der Waals surface area contributed by atoms with E-state index in [2.05, 4.69) is 5.32 Å². The Morgan fingerprint density at radius 1 is 1.35 bits per heavy atom. The second-order valence-electron chi connectivity index (χ2n) is 5.27. The Balaban J connectivity index is 1.91. The van der Waals surface area contributed by atoms with Gasteiger partial charge in [-0.1, -0.05) is 25.0 Å². The standard InChI is InChI=1S/C15H20F3NO/c1-19-14(10-20-8-7-11-5-6-11)12-3-2-4-13(9-12)15(16,17)18/h2-4,9,11,14,19H,5-8,10H2,1H3. The Labute approximate surface area is 117 Å². The summed E-state index contributed by atoms with van der Waals surface area (Å²) in [6, 6.07) is 5.19. The van der Waals surface area contributed by atoms with Crippen LogP contribution >= 0.6 is 0 Å². The molecule has 1 aliphatic rings. The van der Waals surface area contributed by atoms with Gasteiger partial charge in [0.25, 0.3) is 0 Å². The third-order valence-corrected chi connectivity index (χ3v) is 3.62. The van der Waals surface area contributed by atoms with Crippen LogP contribution in [-0.2, 0) is 10.9 Å². The van der Waals surface area contributed by atoms with Crippen LogP contribution in [0.2, 0.25) is 0 Å². The van der Waals surface area contributed by atoms with Crippen LogP contribution in [0, 0.1) is 5.92 Å². The first kappa shape index (κ1) is 15.3. The largest absolute Gasteiger partial charge is 0.416 e. The van der Waals surface area contributed by atoms with Crippen molar-refractivity contribution in [1.82, 2.24) is 5.32 Å². The zero-order chi connectivity index (χ0) is 14.6. The number of ether oxygens (including phenoxy) is 1. The highest BCUT2D eigenvalue weighted by Gasteiger charge is 2.30. The summed E-state index contributed by atoms with van der Waals surface area (Å²) < 4.78 is 43.6. The van der Waals surface area contributed by atoms with Gasteiger partial charge in [-0.25, -0.2) is 0 Å². The molecule has 5 heteroatoms. The van der Waals surface area contributed by atoms with E-state index in [9.17, 15) is 13.2 Å². The summed E-state index contributed by atoms with van der Waals surface area (Å²) >= 11 is 0. The van der Waals surface area contributed by atoms with E-state index in [0.717, 1.165) is 18.4 Å². The first-order valence-corrected chi connectivity index (χ1v) is 6.93. The molecule has 1 unspecified atom stereocenters. The molecule has 2 nitrogen and oxygen atoms in total. The molecular weight excluding hydrogens is 267 g/mol. The van der Waals surface area contributed by atoms with Crippen molar-refractivity contribution in [3.63, 3.8) is 0 Å². The molecule has 0 saturated heterocycles. The molecule has 1 aliphatic carbocycles. The second kappa shape index (κ2) is 6.59. The van der Waals surface area contributed by atoms with E-state index in [1.54, 1.807) is 13.1 Å². The fourth-order valence-corrected chi connectivity index (χ4v) is 2.14. The Hall–Kier alpha value is -1.07. The molecule has 1 atom stereocenters. The second-order valence-corrected chi connectivity index (χ2v) is 5.27. The predicted molar refractivity (Wildman–Crippen MR) is 71.4 cm³/mol. The van der Waals surface area contributed by atoms with Crippen molar-refractivity contribution in [2.24, 2.45) is 5.92 Å². The topological polar surface area (TPSA) is 21.3 Å². The van der Waals surface area contributed by atoms with Crippen molar-refractivity contribution in [2.45, 2.75) is 31.5 Å². The van der Waals surface area contributed by atoms with Crippen LogP contribution < -0.4 is 5.32 Å².